The van der Waals surface area contributed by atoms with Crippen LogP contribution in [-0.4, -0.2) is 18.1 Å². The van der Waals surface area contributed by atoms with Gasteiger partial charge in [-0.15, -0.1) is 0 Å². The van der Waals surface area contributed by atoms with E-state index < -0.39 is 5.54 Å². The second-order valence-electron chi connectivity index (χ2n) is 5.35. The number of hydrogen-bond donors (Lipinski definition) is 1. The number of rotatable bonds is 1. The van der Waals surface area contributed by atoms with Crippen LogP contribution in [0.15, 0.2) is 30.3 Å². The number of esters is 1. The summed E-state index contributed by atoms with van der Waals surface area (Å²) in [6.45, 7) is 0.449. The van der Waals surface area contributed by atoms with Gasteiger partial charge in [0, 0.05) is 0 Å². The lowest BCUT2D eigenvalue weighted by atomic mass is 9.80. The highest BCUT2D eigenvalue weighted by Gasteiger charge is 2.45. The predicted molar refractivity (Wildman–Crippen MR) is 69.1 cm³/mol. The van der Waals surface area contributed by atoms with E-state index in [9.17, 15) is 4.79 Å². The number of morpholine rings is 1. The molecule has 0 amide bonds. The minimum absolute atomic E-state index is 0.0469. The summed E-state index contributed by atoms with van der Waals surface area (Å²) in [4.78, 5) is 12.1. The van der Waals surface area contributed by atoms with Crippen molar-refractivity contribution in [3.63, 3.8) is 0 Å². The first-order valence-corrected chi connectivity index (χ1v) is 6.80. The molecule has 0 radical (unpaired) electrons. The van der Waals surface area contributed by atoms with Crippen molar-refractivity contribution in [3.8, 4) is 0 Å². The van der Waals surface area contributed by atoms with Crippen molar-refractivity contribution in [2.75, 3.05) is 6.61 Å². The maximum Gasteiger partial charge on any atom is 0.326 e. The molecule has 1 saturated carbocycles. The Balaban J connectivity index is 1.82. The lowest BCUT2D eigenvalue weighted by molar-refractivity contribution is -0.161. The molecule has 1 atom stereocenters. The molecule has 0 bridgehead atoms. The van der Waals surface area contributed by atoms with Crippen LogP contribution < -0.4 is 5.32 Å². The Morgan fingerprint density at radius 3 is 2.56 bits per heavy atom. The minimum Gasteiger partial charge on any atom is -0.462 e. The highest BCUT2D eigenvalue weighted by Crippen LogP contribution is 2.34. The van der Waals surface area contributed by atoms with E-state index in [1.165, 1.54) is 12.0 Å². The molecule has 2 aliphatic rings. The molecule has 1 spiro atoms. The van der Waals surface area contributed by atoms with Gasteiger partial charge in [0.1, 0.15) is 12.1 Å². The summed E-state index contributed by atoms with van der Waals surface area (Å²) in [5.41, 5.74) is 0.784. The first kappa shape index (κ1) is 11.7. The molecular formula is C15H19NO2. The Morgan fingerprint density at radius 2 is 1.83 bits per heavy atom. The molecule has 0 unspecified atom stereocenters. The van der Waals surface area contributed by atoms with Crippen molar-refractivity contribution in [1.82, 2.24) is 5.32 Å². The highest BCUT2D eigenvalue weighted by molar-refractivity contribution is 5.81. The van der Waals surface area contributed by atoms with Crippen molar-refractivity contribution < 1.29 is 9.53 Å². The SMILES string of the molecule is O=C1OC[C@H](c2ccccc2)NC12CCCCC2. The summed E-state index contributed by atoms with van der Waals surface area (Å²) in [5.74, 6) is -0.0469. The molecule has 1 heterocycles. The van der Waals surface area contributed by atoms with Gasteiger partial charge in [-0.25, -0.2) is 0 Å². The van der Waals surface area contributed by atoms with E-state index in [4.69, 9.17) is 4.74 Å². The Labute approximate surface area is 108 Å². The van der Waals surface area contributed by atoms with Crippen molar-refractivity contribution in [3.05, 3.63) is 35.9 Å². The molecule has 1 aliphatic heterocycles. The number of hydrogen-bond acceptors (Lipinski definition) is 3. The van der Waals surface area contributed by atoms with Gasteiger partial charge >= 0.3 is 5.97 Å². The normalized spacial score (nSPS) is 26.9. The second kappa shape index (κ2) is 4.73. The molecule has 1 saturated heterocycles. The number of cyclic esters (lactones) is 1. The second-order valence-corrected chi connectivity index (χ2v) is 5.35. The van der Waals surface area contributed by atoms with Crippen LogP contribution in [0.1, 0.15) is 43.7 Å². The van der Waals surface area contributed by atoms with Gasteiger partial charge in [0.25, 0.3) is 0 Å². The molecule has 96 valence electrons. The van der Waals surface area contributed by atoms with Gasteiger partial charge in [-0.2, -0.15) is 0 Å². The third-order valence-corrected chi connectivity index (χ3v) is 4.13. The zero-order valence-corrected chi connectivity index (χ0v) is 10.5. The Morgan fingerprint density at radius 1 is 1.11 bits per heavy atom. The van der Waals surface area contributed by atoms with E-state index in [0.717, 1.165) is 25.7 Å². The molecule has 1 aromatic rings. The van der Waals surface area contributed by atoms with E-state index in [1.807, 2.05) is 18.2 Å². The van der Waals surface area contributed by atoms with Gasteiger partial charge in [0.2, 0.25) is 0 Å². The molecule has 0 aromatic heterocycles. The maximum absolute atomic E-state index is 12.1. The smallest absolute Gasteiger partial charge is 0.326 e. The number of benzene rings is 1. The Bertz CT molecular complexity index is 423. The zero-order valence-electron chi connectivity index (χ0n) is 10.5. The maximum atomic E-state index is 12.1. The van der Waals surface area contributed by atoms with Crippen LogP contribution in [0.3, 0.4) is 0 Å². The standard InChI is InChI=1S/C15H19NO2/c17-14-15(9-5-2-6-10-15)16-13(11-18-14)12-7-3-1-4-8-12/h1,3-4,7-8,13,16H,2,5-6,9-11H2/t13-/m1/s1. The van der Waals surface area contributed by atoms with Crippen LogP contribution in [0.4, 0.5) is 0 Å². The van der Waals surface area contributed by atoms with Gasteiger partial charge in [-0.1, -0.05) is 49.6 Å². The molecule has 3 heteroatoms. The number of ether oxygens (including phenoxy) is 1. The molecule has 1 N–H and O–H groups in total. The van der Waals surface area contributed by atoms with Crippen LogP contribution in [0.2, 0.25) is 0 Å². The third-order valence-electron chi connectivity index (χ3n) is 4.13. The van der Waals surface area contributed by atoms with Crippen molar-refractivity contribution >= 4 is 5.97 Å². The number of nitrogens with one attached hydrogen (secondary N) is 1. The van der Waals surface area contributed by atoms with Gasteiger partial charge < -0.3 is 4.74 Å². The third kappa shape index (κ3) is 2.03. The largest absolute Gasteiger partial charge is 0.462 e. The summed E-state index contributed by atoms with van der Waals surface area (Å²) in [6.07, 6.45) is 5.28. The van der Waals surface area contributed by atoms with Crippen LogP contribution in [-0.2, 0) is 9.53 Å². The summed E-state index contributed by atoms with van der Waals surface area (Å²) >= 11 is 0. The number of carbonyl (C=O) groups is 1. The number of carbonyl (C=O) groups excluding carboxylic acids is 1. The Kier molecular flexibility index (Phi) is 3.08. The summed E-state index contributed by atoms with van der Waals surface area (Å²) in [6, 6.07) is 10.4. The van der Waals surface area contributed by atoms with E-state index in [1.54, 1.807) is 0 Å². The van der Waals surface area contributed by atoms with Crippen LogP contribution >= 0.6 is 0 Å². The van der Waals surface area contributed by atoms with E-state index in [0.29, 0.717) is 6.61 Å². The molecule has 18 heavy (non-hydrogen) atoms. The monoisotopic (exact) mass is 245 g/mol. The molecule has 1 aliphatic carbocycles. The fourth-order valence-electron chi connectivity index (χ4n) is 3.10. The molecule has 3 rings (SSSR count). The minimum atomic E-state index is -0.420. The average Bonchev–Trinajstić information content (AvgIpc) is 2.44. The molecule has 3 nitrogen and oxygen atoms in total. The predicted octanol–water partition coefficient (Wildman–Crippen LogP) is 2.58. The fourth-order valence-corrected chi connectivity index (χ4v) is 3.10. The van der Waals surface area contributed by atoms with Gasteiger partial charge in [0.15, 0.2) is 0 Å². The molecular weight excluding hydrogens is 226 g/mol. The average molecular weight is 245 g/mol. The van der Waals surface area contributed by atoms with Crippen molar-refractivity contribution in [2.45, 2.75) is 43.7 Å². The fraction of sp³-hybridized carbons (Fsp3) is 0.533. The van der Waals surface area contributed by atoms with Gasteiger partial charge in [-0.3, -0.25) is 10.1 Å². The lowest BCUT2D eigenvalue weighted by Gasteiger charge is -2.42. The summed E-state index contributed by atoms with van der Waals surface area (Å²) in [7, 11) is 0. The molecule has 2 fully saturated rings. The van der Waals surface area contributed by atoms with Crippen molar-refractivity contribution in [2.24, 2.45) is 0 Å². The van der Waals surface area contributed by atoms with Crippen molar-refractivity contribution in [1.29, 1.82) is 0 Å². The first-order chi connectivity index (χ1) is 8.80. The lowest BCUT2D eigenvalue weighted by Crippen LogP contribution is -2.59. The topological polar surface area (TPSA) is 38.3 Å². The Hall–Kier alpha value is -1.35. The molecule has 1 aromatic carbocycles. The van der Waals surface area contributed by atoms with E-state index in [-0.39, 0.29) is 12.0 Å². The zero-order chi connectivity index (χ0) is 12.4. The van der Waals surface area contributed by atoms with Crippen LogP contribution in [0.5, 0.6) is 0 Å². The van der Waals surface area contributed by atoms with Gasteiger partial charge in [-0.05, 0) is 18.4 Å². The quantitative estimate of drug-likeness (QED) is 0.773. The van der Waals surface area contributed by atoms with Crippen LogP contribution in [0.25, 0.3) is 0 Å². The highest BCUT2D eigenvalue weighted by atomic mass is 16.5. The van der Waals surface area contributed by atoms with E-state index >= 15 is 0 Å². The van der Waals surface area contributed by atoms with E-state index in [2.05, 4.69) is 17.4 Å². The summed E-state index contributed by atoms with van der Waals surface area (Å²) in [5, 5.41) is 3.56. The summed E-state index contributed by atoms with van der Waals surface area (Å²) < 4.78 is 5.44. The van der Waals surface area contributed by atoms with Gasteiger partial charge in [0.05, 0.1) is 6.04 Å². The van der Waals surface area contributed by atoms with Crippen LogP contribution in [0, 0.1) is 0 Å². The first-order valence-electron chi connectivity index (χ1n) is 6.80.